The van der Waals surface area contributed by atoms with E-state index < -0.39 is 0 Å². The van der Waals surface area contributed by atoms with Crippen LogP contribution in [0.5, 0.6) is 5.75 Å². The molecule has 5 heteroatoms. The Labute approximate surface area is 123 Å². The van der Waals surface area contributed by atoms with Gasteiger partial charge in [-0.25, -0.2) is 0 Å². The van der Waals surface area contributed by atoms with E-state index in [9.17, 15) is 4.79 Å². The van der Waals surface area contributed by atoms with Crippen molar-refractivity contribution in [2.24, 2.45) is 0 Å². The normalized spacial score (nSPS) is 21.1. The number of ether oxygens (including phenoxy) is 2. The summed E-state index contributed by atoms with van der Waals surface area (Å²) in [5.74, 6) is 1.88. The van der Waals surface area contributed by atoms with Crippen molar-refractivity contribution in [3.8, 4) is 5.75 Å². The zero-order valence-electron chi connectivity index (χ0n) is 11.4. The van der Waals surface area contributed by atoms with Crippen LogP contribution in [0.1, 0.15) is 12.8 Å². The molecular formula is C15H19NO3S. The van der Waals surface area contributed by atoms with Gasteiger partial charge in [-0.3, -0.25) is 4.79 Å². The lowest BCUT2D eigenvalue weighted by Crippen LogP contribution is -2.46. The number of rotatable bonds is 3. The van der Waals surface area contributed by atoms with Crippen LogP contribution in [0.15, 0.2) is 30.3 Å². The van der Waals surface area contributed by atoms with E-state index in [1.165, 1.54) is 0 Å². The molecule has 1 amide bonds. The molecule has 2 aliphatic rings. The van der Waals surface area contributed by atoms with Gasteiger partial charge in [0.2, 0.25) is 0 Å². The Morgan fingerprint density at radius 2 is 2.05 bits per heavy atom. The molecule has 0 aliphatic carbocycles. The van der Waals surface area contributed by atoms with Crippen molar-refractivity contribution >= 4 is 17.7 Å². The Morgan fingerprint density at radius 1 is 1.30 bits per heavy atom. The monoisotopic (exact) mass is 293 g/mol. The second-order valence-electron chi connectivity index (χ2n) is 5.09. The van der Waals surface area contributed by atoms with Crippen LogP contribution in [-0.2, 0) is 9.53 Å². The van der Waals surface area contributed by atoms with Gasteiger partial charge in [0.15, 0.2) is 6.61 Å². The summed E-state index contributed by atoms with van der Waals surface area (Å²) in [7, 11) is 0. The first-order valence-corrected chi connectivity index (χ1v) is 8.00. The zero-order valence-corrected chi connectivity index (χ0v) is 12.2. The Hall–Kier alpha value is -1.20. The van der Waals surface area contributed by atoms with Crippen molar-refractivity contribution in [1.29, 1.82) is 0 Å². The minimum Gasteiger partial charge on any atom is -0.484 e. The van der Waals surface area contributed by atoms with E-state index in [0.717, 1.165) is 44.0 Å². The smallest absolute Gasteiger partial charge is 0.260 e. The molecule has 0 unspecified atom stereocenters. The number of benzene rings is 1. The van der Waals surface area contributed by atoms with Gasteiger partial charge < -0.3 is 14.4 Å². The third kappa shape index (κ3) is 3.10. The second kappa shape index (κ2) is 6.06. The highest BCUT2D eigenvalue weighted by atomic mass is 32.2. The van der Waals surface area contributed by atoms with Crippen molar-refractivity contribution in [3.05, 3.63) is 30.3 Å². The molecule has 108 valence electrons. The molecule has 2 fully saturated rings. The molecule has 0 saturated carbocycles. The molecule has 0 aromatic heterocycles. The Kier molecular flexibility index (Phi) is 4.17. The summed E-state index contributed by atoms with van der Waals surface area (Å²) < 4.78 is 11.3. The topological polar surface area (TPSA) is 38.8 Å². The van der Waals surface area contributed by atoms with Crippen LogP contribution in [0.2, 0.25) is 0 Å². The standard InChI is InChI=1S/C15H19NO3S/c17-14(12-18-13-4-2-1-3-5-13)16-8-6-15(7-9-16)19-10-11-20-15/h1-5H,6-12H2. The van der Waals surface area contributed by atoms with E-state index in [1.807, 2.05) is 47.0 Å². The number of hydrogen-bond acceptors (Lipinski definition) is 4. The molecular weight excluding hydrogens is 274 g/mol. The first-order chi connectivity index (χ1) is 9.77. The number of hydrogen-bond donors (Lipinski definition) is 0. The van der Waals surface area contributed by atoms with Crippen LogP contribution < -0.4 is 4.74 Å². The molecule has 2 aliphatic heterocycles. The van der Waals surface area contributed by atoms with Crippen LogP contribution in [0.25, 0.3) is 0 Å². The molecule has 0 atom stereocenters. The highest BCUT2D eigenvalue weighted by Gasteiger charge is 2.40. The summed E-state index contributed by atoms with van der Waals surface area (Å²) in [6.07, 6.45) is 1.85. The number of nitrogens with zero attached hydrogens (tertiary/aromatic N) is 1. The summed E-state index contributed by atoms with van der Waals surface area (Å²) in [5, 5.41) is 0. The van der Waals surface area contributed by atoms with Crippen LogP contribution >= 0.6 is 11.8 Å². The Balaban J connectivity index is 1.47. The van der Waals surface area contributed by atoms with E-state index >= 15 is 0 Å². The van der Waals surface area contributed by atoms with E-state index in [4.69, 9.17) is 9.47 Å². The number of thioether (sulfide) groups is 1. The zero-order chi connectivity index (χ0) is 13.8. The maximum Gasteiger partial charge on any atom is 0.260 e. The van der Waals surface area contributed by atoms with Crippen molar-refractivity contribution in [2.45, 2.75) is 17.8 Å². The number of carbonyl (C=O) groups is 1. The molecule has 1 aromatic carbocycles. The van der Waals surface area contributed by atoms with Crippen LogP contribution in [0.3, 0.4) is 0 Å². The van der Waals surface area contributed by atoms with Gasteiger partial charge >= 0.3 is 0 Å². The van der Waals surface area contributed by atoms with Gasteiger partial charge in [-0.15, -0.1) is 11.8 Å². The summed E-state index contributed by atoms with van der Waals surface area (Å²) >= 11 is 1.90. The predicted molar refractivity (Wildman–Crippen MR) is 78.9 cm³/mol. The molecule has 0 radical (unpaired) electrons. The number of piperidine rings is 1. The molecule has 4 nitrogen and oxygen atoms in total. The SMILES string of the molecule is O=C(COc1ccccc1)N1CCC2(CC1)OCCS2. The van der Waals surface area contributed by atoms with E-state index in [1.54, 1.807) is 0 Å². The second-order valence-corrected chi connectivity index (χ2v) is 6.53. The largest absolute Gasteiger partial charge is 0.484 e. The third-order valence-electron chi connectivity index (χ3n) is 3.80. The van der Waals surface area contributed by atoms with Crippen molar-refractivity contribution in [3.63, 3.8) is 0 Å². The molecule has 1 aromatic rings. The van der Waals surface area contributed by atoms with Crippen LogP contribution in [0.4, 0.5) is 0 Å². The van der Waals surface area contributed by atoms with E-state index in [0.29, 0.717) is 0 Å². The fourth-order valence-corrected chi connectivity index (χ4v) is 3.81. The average Bonchev–Trinajstić information content (AvgIpc) is 2.95. The van der Waals surface area contributed by atoms with Crippen LogP contribution in [0, 0.1) is 0 Å². The molecule has 20 heavy (non-hydrogen) atoms. The summed E-state index contributed by atoms with van der Waals surface area (Å²) in [4.78, 5) is 14.0. The van der Waals surface area contributed by atoms with Gasteiger partial charge in [0, 0.05) is 31.7 Å². The Morgan fingerprint density at radius 3 is 2.70 bits per heavy atom. The van der Waals surface area contributed by atoms with Gasteiger partial charge in [-0.2, -0.15) is 0 Å². The van der Waals surface area contributed by atoms with Gasteiger partial charge in [-0.1, -0.05) is 18.2 Å². The van der Waals surface area contributed by atoms with Gasteiger partial charge in [0.25, 0.3) is 5.91 Å². The number of amides is 1. The fraction of sp³-hybridized carbons (Fsp3) is 0.533. The highest BCUT2D eigenvalue weighted by Crippen LogP contribution is 2.41. The van der Waals surface area contributed by atoms with E-state index in [-0.39, 0.29) is 17.4 Å². The molecule has 1 spiro atoms. The van der Waals surface area contributed by atoms with Gasteiger partial charge in [-0.05, 0) is 12.1 Å². The fourth-order valence-electron chi connectivity index (χ4n) is 2.64. The minimum absolute atomic E-state index is 0.0168. The molecule has 2 heterocycles. The summed E-state index contributed by atoms with van der Waals surface area (Å²) in [6, 6.07) is 9.46. The maximum absolute atomic E-state index is 12.1. The molecule has 0 bridgehead atoms. The molecule has 2 saturated heterocycles. The summed E-state index contributed by atoms with van der Waals surface area (Å²) in [6.45, 7) is 2.49. The number of para-hydroxylation sites is 1. The number of likely N-dealkylation sites (tertiary alicyclic amines) is 1. The van der Waals surface area contributed by atoms with Crippen molar-refractivity contribution in [1.82, 2.24) is 4.90 Å². The minimum atomic E-state index is -0.0168. The molecule has 3 rings (SSSR count). The van der Waals surface area contributed by atoms with Gasteiger partial charge in [0.1, 0.15) is 10.7 Å². The van der Waals surface area contributed by atoms with Crippen LogP contribution in [-0.4, -0.2) is 47.8 Å². The summed E-state index contributed by atoms with van der Waals surface area (Å²) in [5.41, 5.74) is 0. The lowest BCUT2D eigenvalue weighted by Gasteiger charge is -2.37. The highest BCUT2D eigenvalue weighted by molar-refractivity contribution is 8.00. The first-order valence-electron chi connectivity index (χ1n) is 7.01. The van der Waals surface area contributed by atoms with E-state index in [2.05, 4.69) is 0 Å². The lowest BCUT2D eigenvalue weighted by atomic mass is 10.1. The number of carbonyl (C=O) groups excluding carboxylic acids is 1. The van der Waals surface area contributed by atoms with Gasteiger partial charge in [0.05, 0.1) is 6.61 Å². The van der Waals surface area contributed by atoms with Crippen molar-refractivity contribution < 1.29 is 14.3 Å². The van der Waals surface area contributed by atoms with Crippen molar-refractivity contribution in [2.75, 3.05) is 32.1 Å². The third-order valence-corrected chi connectivity index (χ3v) is 5.22. The molecule has 0 N–H and O–H groups in total. The first kappa shape index (κ1) is 13.8. The average molecular weight is 293 g/mol. The lowest BCUT2D eigenvalue weighted by molar-refractivity contribution is -0.136. The maximum atomic E-state index is 12.1. The Bertz CT molecular complexity index is 449. The quantitative estimate of drug-likeness (QED) is 0.856. The predicted octanol–water partition coefficient (Wildman–Crippen LogP) is 2.15.